The van der Waals surface area contributed by atoms with Crippen LogP contribution in [0.4, 0.5) is 0 Å². The van der Waals surface area contributed by atoms with Crippen LogP contribution >= 0.6 is 15.9 Å². The zero-order chi connectivity index (χ0) is 10.7. The van der Waals surface area contributed by atoms with Crippen molar-refractivity contribution >= 4 is 21.7 Å². The van der Waals surface area contributed by atoms with Gasteiger partial charge in [0.05, 0.1) is 12.6 Å². The second-order valence-electron chi connectivity index (χ2n) is 3.14. The number of carbonyl (C=O) groups excluding carboxylic acids is 1. The van der Waals surface area contributed by atoms with Crippen molar-refractivity contribution in [1.82, 2.24) is 9.97 Å². The highest BCUT2D eigenvalue weighted by molar-refractivity contribution is 9.10. The number of aromatic amines is 1. The fourth-order valence-corrected chi connectivity index (χ4v) is 1.64. The smallest absolute Gasteiger partial charge is 0.170 e. The first kappa shape index (κ1) is 10.1. The average Bonchev–Trinajstić information content (AvgIpc) is 2.65. The maximum Gasteiger partial charge on any atom is 0.170 e. The van der Waals surface area contributed by atoms with E-state index in [9.17, 15) is 4.79 Å². The van der Waals surface area contributed by atoms with Gasteiger partial charge in [0.1, 0.15) is 10.4 Å². The third kappa shape index (κ3) is 2.53. The topological polar surface area (TPSA) is 45.8 Å². The summed E-state index contributed by atoms with van der Waals surface area (Å²) < 4.78 is 0.790. The summed E-state index contributed by atoms with van der Waals surface area (Å²) in [4.78, 5) is 18.8. The molecular formula is C11H9BrN2O. The highest BCUT2D eigenvalue weighted by Crippen LogP contribution is 2.08. The molecule has 0 aliphatic carbocycles. The summed E-state index contributed by atoms with van der Waals surface area (Å²) in [7, 11) is 0. The van der Waals surface area contributed by atoms with Crippen LogP contribution in [0.1, 0.15) is 16.2 Å². The van der Waals surface area contributed by atoms with E-state index in [0.29, 0.717) is 17.8 Å². The fraction of sp³-hybridized carbons (Fsp3) is 0.0909. The molecule has 0 spiro atoms. The van der Waals surface area contributed by atoms with Crippen LogP contribution < -0.4 is 0 Å². The number of nitrogens with zero attached hydrogens (tertiary/aromatic N) is 1. The van der Waals surface area contributed by atoms with E-state index in [4.69, 9.17) is 0 Å². The first-order chi connectivity index (χ1) is 7.25. The summed E-state index contributed by atoms with van der Waals surface area (Å²) in [5.41, 5.74) is 0.713. The van der Waals surface area contributed by atoms with Gasteiger partial charge in [-0.3, -0.25) is 4.79 Å². The quantitative estimate of drug-likeness (QED) is 0.867. The van der Waals surface area contributed by atoms with Gasteiger partial charge in [-0.1, -0.05) is 30.3 Å². The van der Waals surface area contributed by atoms with E-state index >= 15 is 0 Å². The Kier molecular flexibility index (Phi) is 2.97. The molecule has 76 valence electrons. The molecule has 2 rings (SSSR count). The van der Waals surface area contributed by atoms with Crippen LogP contribution in [0.2, 0.25) is 0 Å². The van der Waals surface area contributed by atoms with E-state index in [2.05, 4.69) is 25.9 Å². The van der Waals surface area contributed by atoms with Crippen molar-refractivity contribution in [3.8, 4) is 0 Å². The van der Waals surface area contributed by atoms with Crippen molar-refractivity contribution in [1.29, 1.82) is 0 Å². The third-order valence-corrected chi connectivity index (χ3v) is 2.42. The molecule has 1 aromatic carbocycles. The van der Waals surface area contributed by atoms with Crippen molar-refractivity contribution in [3.05, 3.63) is 52.5 Å². The molecule has 0 saturated heterocycles. The van der Waals surface area contributed by atoms with Gasteiger partial charge < -0.3 is 4.98 Å². The number of hydrogen-bond donors (Lipinski definition) is 1. The summed E-state index contributed by atoms with van der Waals surface area (Å²) in [5, 5.41) is 0. The predicted octanol–water partition coefficient (Wildman–Crippen LogP) is 2.60. The molecule has 0 radical (unpaired) electrons. The Hall–Kier alpha value is -1.42. The van der Waals surface area contributed by atoms with Crippen LogP contribution in [0, 0.1) is 0 Å². The standard InChI is InChI=1S/C11H9BrN2O/c12-10-7-13-11(14-10)6-9(15)8-4-2-1-3-5-8/h1-5,7H,6H2,(H,13,14). The maximum absolute atomic E-state index is 11.7. The second kappa shape index (κ2) is 4.40. The number of nitrogens with one attached hydrogen (secondary N) is 1. The van der Waals surface area contributed by atoms with Gasteiger partial charge >= 0.3 is 0 Å². The summed E-state index contributed by atoms with van der Waals surface area (Å²) >= 11 is 3.25. The van der Waals surface area contributed by atoms with Gasteiger partial charge in [0.25, 0.3) is 0 Å². The van der Waals surface area contributed by atoms with Crippen LogP contribution in [0.15, 0.2) is 41.1 Å². The number of Topliss-reactive ketones (excluding diaryl/α,β-unsaturated/α-hetero) is 1. The monoisotopic (exact) mass is 264 g/mol. The predicted molar refractivity (Wildman–Crippen MR) is 60.8 cm³/mol. The normalized spacial score (nSPS) is 10.2. The largest absolute Gasteiger partial charge is 0.336 e. The van der Waals surface area contributed by atoms with Gasteiger partial charge in [-0.15, -0.1) is 0 Å². The summed E-state index contributed by atoms with van der Waals surface area (Å²) in [6.07, 6.45) is 1.95. The Bertz CT molecular complexity index is 464. The van der Waals surface area contributed by atoms with Crippen LogP contribution in [-0.2, 0) is 6.42 Å². The molecule has 1 N–H and O–H groups in total. The molecule has 1 aromatic heterocycles. The summed E-state index contributed by atoms with van der Waals surface area (Å²) in [5.74, 6) is 0.744. The third-order valence-electron chi connectivity index (χ3n) is 2.02. The number of imidazole rings is 1. The van der Waals surface area contributed by atoms with Crippen molar-refractivity contribution < 1.29 is 4.79 Å². The molecule has 0 amide bonds. The Morgan fingerprint density at radius 3 is 2.67 bits per heavy atom. The Balaban J connectivity index is 2.11. The van der Waals surface area contributed by atoms with E-state index in [1.165, 1.54) is 0 Å². The lowest BCUT2D eigenvalue weighted by Gasteiger charge is -1.97. The number of halogens is 1. The van der Waals surface area contributed by atoms with E-state index < -0.39 is 0 Å². The lowest BCUT2D eigenvalue weighted by atomic mass is 10.1. The van der Waals surface area contributed by atoms with Crippen molar-refractivity contribution in [2.45, 2.75) is 6.42 Å². The molecule has 2 aromatic rings. The number of carbonyl (C=O) groups is 1. The Morgan fingerprint density at radius 1 is 1.33 bits per heavy atom. The van der Waals surface area contributed by atoms with Gasteiger partial charge in [0, 0.05) is 5.56 Å². The molecule has 0 atom stereocenters. The molecule has 0 saturated carbocycles. The highest BCUT2D eigenvalue weighted by Gasteiger charge is 2.08. The Labute approximate surface area is 95.7 Å². The summed E-state index contributed by atoms with van der Waals surface area (Å²) in [6, 6.07) is 9.21. The number of hydrogen-bond acceptors (Lipinski definition) is 2. The highest BCUT2D eigenvalue weighted by atomic mass is 79.9. The van der Waals surface area contributed by atoms with Crippen LogP contribution in [0.25, 0.3) is 0 Å². The van der Waals surface area contributed by atoms with Gasteiger partial charge in [-0.05, 0) is 15.9 Å². The van der Waals surface area contributed by atoms with Gasteiger partial charge in [-0.2, -0.15) is 0 Å². The van der Waals surface area contributed by atoms with Crippen molar-refractivity contribution in [2.75, 3.05) is 0 Å². The second-order valence-corrected chi connectivity index (χ2v) is 4.00. The molecule has 0 aliphatic heterocycles. The molecule has 15 heavy (non-hydrogen) atoms. The van der Waals surface area contributed by atoms with Gasteiger partial charge in [-0.25, -0.2) is 4.98 Å². The molecule has 0 aliphatic rings. The number of aromatic nitrogens is 2. The minimum atomic E-state index is 0.0671. The Morgan fingerprint density at radius 2 is 2.07 bits per heavy atom. The lowest BCUT2D eigenvalue weighted by molar-refractivity contribution is 0.0991. The number of H-pyrrole nitrogens is 1. The van der Waals surface area contributed by atoms with Gasteiger partial charge in [0.15, 0.2) is 5.78 Å². The van der Waals surface area contributed by atoms with Crippen LogP contribution in [0.5, 0.6) is 0 Å². The van der Waals surface area contributed by atoms with E-state index in [0.717, 1.165) is 4.60 Å². The SMILES string of the molecule is O=C(Cc1ncc(Br)[nH]1)c1ccccc1. The van der Waals surface area contributed by atoms with Crippen molar-refractivity contribution in [3.63, 3.8) is 0 Å². The molecule has 0 bridgehead atoms. The molecule has 0 fully saturated rings. The lowest BCUT2D eigenvalue weighted by Crippen LogP contribution is -2.04. The molecule has 3 nitrogen and oxygen atoms in total. The van der Waals surface area contributed by atoms with E-state index in [1.54, 1.807) is 18.3 Å². The van der Waals surface area contributed by atoms with Crippen LogP contribution in [0.3, 0.4) is 0 Å². The molecule has 4 heteroatoms. The van der Waals surface area contributed by atoms with E-state index in [-0.39, 0.29) is 5.78 Å². The minimum Gasteiger partial charge on any atom is -0.336 e. The fourth-order valence-electron chi connectivity index (χ4n) is 1.31. The zero-order valence-electron chi connectivity index (χ0n) is 7.90. The van der Waals surface area contributed by atoms with Crippen molar-refractivity contribution in [2.24, 2.45) is 0 Å². The summed E-state index contributed by atoms with van der Waals surface area (Å²) in [6.45, 7) is 0. The zero-order valence-corrected chi connectivity index (χ0v) is 9.49. The average molecular weight is 265 g/mol. The van der Waals surface area contributed by atoms with Crippen LogP contribution in [-0.4, -0.2) is 15.8 Å². The minimum absolute atomic E-state index is 0.0671. The van der Waals surface area contributed by atoms with E-state index in [1.807, 2.05) is 18.2 Å². The number of ketones is 1. The number of benzene rings is 1. The first-order valence-electron chi connectivity index (χ1n) is 4.53. The first-order valence-corrected chi connectivity index (χ1v) is 5.32. The molecular weight excluding hydrogens is 256 g/mol. The molecule has 0 unspecified atom stereocenters. The molecule has 1 heterocycles. The number of rotatable bonds is 3. The maximum atomic E-state index is 11.7. The van der Waals surface area contributed by atoms with Gasteiger partial charge in [0.2, 0.25) is 0 Å².